The molecule has 3 nitrogen and oxygen atoms in total. The Kier molecular flexibility index (Phi) is 3.85. The normalized spacial score (nSPS) is 23.7. The summed E-state index contributed by atoms with van der Waals surface area (Å²) >= 11 is 3.43. The Morgan fingerprint density at radius 2 is 2.11 bits per heavy atom. The average Bonchev–Trinajstić information content (AvgIpc) is 2.27. The minimum absolute atomic E-state index is 0.0510. The summed E-state index contributed by atoms with van der Waals surface area (Å²) in [6.07, 6.45) is 3.51. The summed E-state index contributed by atoms with van der Waals surface area (Å²) in [5.41, 5.74) is 1.50. The molecule has 1 aromatic carbocycles. The fraction of sp³-hybridized carbons (Fsp3) is 0.538. The number of aryl methyl sites for hydroxylation is 1. The van der Waals surface area contributed by atoms with E-state index in [1.54, 1.807) is 0 Å². The first-order valence-corrected chi connectivity index (χ1v) is 8.80. The molecule has 0 bridgehead atoms. The summed E-state index contributed by atoms with van der Waals surface area (Å²) < 4.78 is 23.4. The summed E-state index contributed by atoms with van der Waals surface area (Å²) in [6, 6.07) is 6.04. The van der Waals surface area contributed by atoms with E-state index in [0.29, 0.717) is 19.3 Å². The van der Waals surface area contributed by atoms with Gasteiger partial charge >= 0.3 is 0 Å². The van der Waals surface area contributed by atoms with Crippen molar-refractivity contribution < 1.29 is 13.5 Å². The Labute approximate surface area is 116 Å². The molecular weight excluding hydrogens is 316 g/mol. The fourth-order valence-corrected chi connectivity index (χ4v) is 3.56. The lowest BCUT2D eigenvalue weighted by atomic mass is 9.79. The van der Waals surface area contributed by atoms with Crippen molar-refractivity contribution in [1.82, 2.24) is 0 Å². The van der Waals surface area contributed by atoms with Gasteiger partial charge in [0.2, 0.25) is 0 Å². The third-order valence-electron chi connectivity index (χ3n) is 3.49. The lowest BCUT2D eigenvalue weighted by Crippen LogP contribution is -2.37. The largest absolute Gasteiger partial charge is 0.390 e. The van der Waals surface area contributed by atoms with Crippen LogP contribution in [-0.2, 0) is 22.7 Å². The Balaban J connectivity index is 2.13. The molecule has 100 valence electrons. The molecule has 0 aliphatic heterocycles. The van der Waals surface area contributed by atoms with E-state index in [9.17, 15) is 13.5 Å². The zero-order valence-electron chi connectivity index (χ0n) is 10.3. The number of halogens is 1. The first-order valence-electron chi connectivity index (χ1n) is 5.95. The van der Waals surface area contributed by atoms with Gasteiger partial charge in [0.25, 0.3) is 0 Å². The molecule has 1 aromatic rings. The Morgan fingerprint density at radius 3 is 2.78 bits per heavy atom. The van der Waals surface area contributed by atoms with Gasteiger partial charge in [0.05, 0.1) is 11.4 Å². The van der Waals surface area contributed by atoms with E-state index in [1.807, 2.05) is 12.1 Å². The van der Waals surface area contributed by atoms with Crippen LogP contribution in [-0.4, -0.2) is 31.1 Å². The van der Waals surface area contributed by atoms with Crippen LogP contribution in [0.2, 0.25) is 0 Å². The lowest BCUT2D eigenvalue weighted by molar-refractivity contribution is 0.0234. The Bertz CT molecular complexity index is 553. The summed E-state index contributed by atoms with van der Waals surface area (Å²) in [4.78, 5) is 0. The van der Waals surface area contributed by atoms with Crippen molar-refractivity contribution in [3.05, 3.63) is 33.8 Å². The molecule has 2 rings (SSSR count). The first kappa shape index (κ1) is 14.0. The number of rotatable bonds is 3. The third-order valence-corrected chi connectivity index (χ3v) is 4.92. The quantitative estimate of drug-likeness (QED) is 0.922. The van der Waals surface area contributed by atoms with Crippen LogP contribution < -0.4 is 0 Å². The maximum atomic E-state index is 11.2. The highest BCUT2D eigenvalue weighted by Gasteiger charge is 2.32. The molecule has 0 heterocycles. The zero-order valence-corrected chi connectivity index (χ0v) is 12.7. The Hall–Kier alpha value is -0.390. The minimum Gasteiger partial charge on any atom is -0.390 e. The maximum absolute atomic E-state index is 11.2. The monoisotopic (exact) mass is 332 g/mol. The number of fused-ring (bicyclic) bond motifs is 1. The summed E-state index contributed by atoms with van der Waals surface area (Å²) in [5, 5.41) is 10.5. The molecular formula is C13H17BrO3S. The summed E-state index contributed by atoms with van der Waals surface area (Å²) in [5.74, 6) is 0.0510. The standard InChI is InChI=1S/C13H17BrO3S/c1-18(16,17)7-6-13(15)5-4-10-8-12(14)3-2-11(10)9-13/h2-3,8,15H,4-7,9H2,1H3. The second-order valence-electron chi connectivity index (χ2n) is 5.19. The molecule has 0 saturated carbocycles. The van der Waals surface area contributed by atoms with Gasteiger partial charge in [-0.25, -0.2) is 8.42 Å². The number of sulfone groups is 1. The topological polar surface area (TPSA) is 54.4 Å². The smallest absolute Gasteiger partial charge is 0.147 e. The van der Waals surface area contributed by atoms with Crippen LogP contribution in [0.25, 0.3) is 0 Å². The predicted molar refractivity (Wildman–Crippen MR) is 75.4 cm³/mol. The van der Waals surface area contributed by atoms with E-state index in [-0.39, 0.29) is 5.75 Å². The van der Waals surface area contributed by atoms with Crippen molar-refractivity contribution in [2.45, 2.75) is 31.3 Å². The second-order valence-corrected chi connectivity index (χ2v) is 8.37. The van der Waals surface area contributed by atoms with Gasteiger partial charge < -0.3 is 5.11 Å². The van der Waals surface area contributed by atoms with Crippen molar-refractivity contribution in [3.63, 3.8) is 0 Å². The molecule has 1 atom stereocenters. The Morgan fingerprint density at radius 1 is 1.39 bits per heavy atom. The van der Waals surface area contributed by atoms with Crippen molar-refractivity contribution in [2.24, 2.45) is 0 Å². The molecule has 0 spiro atoms. The van der Waals surface area contributed by atoms with Crippen LogP contribution in [0.1, 0.15) is 24.0 Å². The van der Waals surface area contributed by atoms with Gasteiger partial charge in [0.15, 0.2) is 0 Å². The van der Waals surface area contributed by atoms with Crippen LogP contribution >= 0.6 is 15.9 Å². The molecule has 18 heavy (non-hydrogen) atoms. The molecule has 0 fully saturated rings. The van der Waals surface area contributed by atoms with Gasteiger partial charge in [-0.3, -0.25) is 0 Å². The predicted octanol–water partition coefficient (Wildman–Crippen LogP) is 2.10. The van der Waals surface area contributed by atoms with Gasteiger partial charge in [-0.2, -0.15) is 0 Å². The third kappa shape index (κ3) is 3.56. The van der Waals surface area contributed by atoms with Crippen LogP contribution in [0.3, 0.4) is 0 Å². The number of hydrogen-bond acceptors (Lipinski definition) is 3. The molecule has 1 unspecified atom stereocenters. The van der Waals surface area contributed by atoms with Crippen molar-refractivity contribution in [2.75, 3.05) is 12.0 Å². The second kappa shape index (κ2) is 4.94. The van der Waals surface area contributed by atoms with E-state index >= 15 is 0 Å². The molecule has 1 N–H and O–H groups in total. The van der Waals surface area contributed by atoms with Gasteiger partial charge in [0.1, 0.15) is 9.84 Å². The highest BCUT2D eigenvalue weighted by molar-refractivity contribution is 9.10. The number of aliphatic hydroxyl groups is 1. The maximum Gasteiger partial charge on any atom is 0.147 e. The van der Waals surface area contributed by atoms with Crippen molar-refractivity contribution in [3.8, 4) is 0 Å². The summed E-state index contributed by atoms with van der Waals surface area (Å²) in [6.45, 7) is 0. The highest BCUT2D eigenvalue weighted by atomic mass is 79.9. The van der Waals surface area contributed by atoms with Gasteiger partial charge in [-0.1, -0.05) is 22.0 Å². The summed E-state index contributed by atoms with van der Waals surface area (Å²) in [7, 11) is -3.01. The van der Waals surface area contributed by atoms with Gasteiger partial charge in [-0.15, -0.1) is 0 Å². The van der Waals surface area contributed by atoms with E-state index in [4.69, 9.17) is 0 Å². The first-order chi connectivity index (χ1) is 8.27. The molecule has 0 radical (unpaired) electrons. The zero-order chi connectivity index (χ0) is 13.4. The van der Waals surface area contributed by atoms with Crippen molar-refractivity contribution in [1.29, 1.82) is 0 Å². The SMILES string of the molecule is CS(=O)(=O)CCC1(O)CCc2cc(Br)ccc2C1. The molecule has 5 heteroatoms. The highest BCUT2D eigenvalue weighted by Crippen LogP contribution is 2.32. The fourth-order valence-electron chi connectivity index (χ4n) is 2.40. The van der Waals surface area contributed by atoms with E-state index in [0.717, 1.165) is 16.5 Å². The van der Waals surface area contributed by atoms with E-state index in [2.05, 4.69) is 22.0 Å². The number of hydrogen-bond donors (Lipinski definition) is 1. The number of benzene rings is 1. The van der Waals surface area contributed by atoms with E-state index < -0.39 is 15.4 Å². The van der Waals surface area contributed by atoms with Crippen LogP contribution in [0.4, 0.5) is 0 Å². The van der Waals surface area contributed by atoms with Crippen LogP contribution in [0.15, 0.2) is 22.7 Å². The van der Waals surface area contributed by atoms with Crippen LogP contribution in [0, 0.1) is 0 Å². The molecule has 1 aliphatic carbocycles. The van der Waals surface area contributed by atoms with Gasteiger partial charge in [0, 0.05) is 17.1 Å². The average molecular weight is 333 g/mol. The van der Waals surface area contributed by atoms with Crippen molar-refractivity contribution >= 4 is 25.8 Å². The molecule has 1 aliphatic rings. The minimum atomic E-state index is -3.01. The van der Waals surface area contributed by atoms with Crippen LogP contribution in [0.5, 0.6) is 0 Å². The molecule has 0 saturated heterocycles. The van der Waals surface area contributed by atoms with E-state index in [1.165, 1.54) is 11.8 Å². The molecule has 0 aromatic heterocycles. The lowest BCUT2D eigenvalue weighted by Gasteiger charge is -2.33. The molecule has 0 amide bonds. The van der Waals surface area contributed by atoms with Gasteiger partial charge in [-0.05, 0) is 42.5 Å².